The molecule has 1 N–H and O–H groups in total. The number of aromatic nitrogens is 3. The number of carbonyl (C=O) groups excluding carboxylic acids is 2. The predicted octanol–water partition coefficient (Wildman–Crippen LogP) is 5.21. The first-order valence-electron chi connectivity index (χ1n) is 14.1. The van der Waals surface area contributed by atoms with E-state index in [0.717, 1.165) is 48.9 Å². The lowest BCUT2D eigenvalue weighted by Gasteiger charge is -2.37. The zero-order chi connectivity index (χ0) is 28.6. The van der Waals surface area contributed by atoms with E-state index >= 15 is 0 Å². The molecule has 210 valence electrons. The first-order chi connectivity index (χ1) is 20.1. The zero-order valence-electron chi connectivity index (χ0n) is 23.4. The maximum absolute atomic E-state index is 13.7. The Morgan fingerprint density at radius 3 is 2.59 bits per heavy atom. The number of allylic oxidation sites excluding steroid dienone is 1. The third-order valence-corrected chi connectivity index (χ3v) is 7.55. The van der Waals surface area contributed by atoms with Crippen molar-refractivity contribution in [1.82, 2.24) is 19.9 Å². The molecule has 1 atom stereocenters. The molecule has 1 aromatic carbocycles. The summed E-state index contributed by atoms with van der Waals surface area (Å²) in [5, 5.41) is 3.40. The van der Waals surface area contributed by atoms with Gasteiger partial charge in [0.2, 0.25) is 0 Å². The van der Waals surface area contributed by atoms with Gasteiger partial charge >= 0.3 is 11.9 Å². The van der Waals surface area contributed by atoms with Crippen molar-refractivity contribution >= 4 is 17.6 Å². The summed E-state index contributed by atoms with van der Waals surface area (Å²) in [6.07, 6.45) is 13.7. The lowest BCUT2D eigenvalue weighted by atomic mass is 9.70. The van der Waals surface area contributed by atoms with Gasteiger partial charge in [-0.1, -0.05) is 43.2 Å². The Kier molecular flexibility index (Phi) is 8.95. The average Bonchev–Trinajstić information content (AvgIpc) is 3.55. The quantitative estimate of drug-likeness (QED) is 0.319. The second kappa shape index (κ2) is 13.1. The molecule has 1 unspecified atom stereocenters. The highest BCUT2D eigenvalue weighted by Crippen LogP contribution is 2.44. The predicted molar refractivity (Wildman–Crippen MR) is 155 cm³/mol. The maximum atomic E-state index is 13.7. The standard InChI is InChI=1S/C33H34N4O4/c1-3-40-33(39)30-29(25-12-5-4-6-13-25)28(32(38)41-19-9-11-24-10-8-16-34-21-24)23(2)36-31(30)26-14-7-15-27(20-26)37-18-17-35-22-37/h7-8,10,14-18,20-22,25,29,36H,3-6,12-13,19H2,1-2H3. The van der Waals surface area contributed by atoms with Crippen molar-refractivity contribution in [2.75, 3.05) is 13.2 Å². The molecule has 8 heteroatoms. The Balaban J connectivity index is 1.53. The van der Waals surface area contributed by atoms with Crippen LogP contribution in [0.1, 0.15) is 57.1 Å². The Labute approximate surface area is 240 Å². The van der Waals surface area contributed by atoms with Crippen LogP contribution in [0.2, 0.25) is 0 Å². The third kappa shape index (κ3) is 6.41. The van der Waals surface area contributed by atoms with Gasteiger partial charge in [-0.25, -0.2) is 14.6 Å². The van der Waals surface area contributed by atoms with Gasteiger partial charge in [-0.05, 0) is 56.9 Å². The first kappa shape index (κ1) is 27.9. The van der Waals surface area contributed by atoms with Gasteiger partial charge in [0, 0.05) is 53.2 Å². The van der Waals surface area contributed by atoms with Crippen molar-refractivity contribution in [3.8, 4) is 17.5 Å². The number of rotatable bonds is 7. The van der Waals surface area contributed by atoms with Crippen LogP contribution in [-0.4, -0.2) is 39.7 Å². The summed E-state index contributed by atoms with van der Waals surface area (Å²) in [4.78, 5) is 35.6. The van der Waals surface area contributed by atoms with Gasteiger partial charge < -0.3 is 19.4 Å². The minimum absolute atomic E-state index is 0.0693. The summed E-state index contributed by atoms with van der Waals surface area (Å²) < 4.78 is 13.2. The minimum Gasteiger partial charge on any atom is -0.463 e. The Morgan fingerprint density at radius 1 is 1.02 bits per heavy atom. The van der Waals surface area contributed by atoms with Crippen LogP contribution in [0.25, 0.3) is 11.4 Å². The van der Waals surface area contributed by atoms with Crippen molar-refractivity contribution in [1.29, 1.82) is 0 Å². The Bertz CT molecular complexity index is 1510. The van der Waals surface area contributed by atoms with Gasteiger partial charge in [0.25, 0.3) is 0 Å². The molecule has 0 spiro atoms. The Hall–Kier alpha value is -4.64. The molecule has 3 aromatic rings. The van der Waals surface area contributed by atoms with E-state index in [1.807, 2.05) is 48.0 Å². The van der Waals surface area contributed by atoms with Gasteiger partial charge in [-0.3, -0.25) is 4.98 Å². The summed E-state index contributed by atoms with van der Waals surface area (Å²) in [5.74, 6) is 4.62. The number of esters is 2. The van der Waals surface area contributed by atoms with E-state index in [1.54, 1.807) is 37.9 Å². The SMILES string of the molecule is CCOC(=O)C1=C(c2cccc(-n3ccnc3)c2)NC(C)=C(C(=O)OCC#Cc2cccnc2)C1C1CCCCC1. The molecule has 1 aliphatic carbocycles. The third-order valence-electron chi connectivity index (χ3n) is 7.55. The summed E-state index contributed by atoms with van der Waals surface area (Å²) in [7, 11) is 0. The van der Waals surface area contributed by atoms with Crippen molar-refractivity contribution in [2.24, 2.45) is 11.8 Å². The molecule has 5 rings (SSSR count). The molecule has 2 aromatic heterocycles. The van der Waals surface area contributed by atoms with Crippen LogP contribution in [0, 0.1) is 23.7 Å². The van der Waals surface area contributed by atoms with Crippen LogP contribution in [0.15, 0.2) is 84.4 Å². The summed E-state index contributed by atoms with van der Waals surface area (Å²) in [6, 6.07) is 11.5. The van der Waals surface area contributed by atoms with Gasteiger partial charge in [0.05, 0.1) is 29.8 Å². The van der Waals surface area contributed by atoms with E-state index in [-0.39, 0.29) is 19.1 Å². The molecule has 1 fully saturated rings. The smallest absolute Gasteiger partial charge is 0.337 e. The van der Waals surface area contributed by atoms with Crippen LogP contribution in [0.3, 0.4) is 0 Å². The fraction of sp³-hybridized carbons (Fsp3) is 0.333. The van der Waals surface area contributed by atoms with Gasteiger partial charge in [0.15, 0.2) is 6.61 Å². The van der Waals surface area contributed by atoms with E-state index < -0.39 is 17.9 Å². The molecular weight excluding hydrogens is 516 g/mol. The number of nitrogens with zero attached hydrogens (tertiary/aromatic N) is 3. The fourth-order valence-corrected chi connectivity index (χ4v) is 5.73. The van der Waals surface area contributed by atoms with Crippen molar-refractivity contribution in [3.05, 3.63) is 95.5 Å². The van der Waals surface area contributed by atoms with E-state index in [4.69, 9.17) is 9.47 Å². The number of hydrogen-bond acceptors (Lipinski definition) is 7. The lowest BCUT2D eigenvalue weighted by Crippen LogP contribution is -2.38. The number of carbonyl (C=O) groups is 2. The minimum atomic E-state index is -0.473. The number of imidazole rings is 1. The van der Waals surface area contributed by atoms with Gasteiger partial charge in [-0.15, -0.1) is 0 Å². The number of hydrogen-bond donors (Lipinski definition) is 1. The summed E-state index contributed by atoms with van der Waals surface area (Å²) >= 11 is 0. The number of benzene rings is 1. The van der Waals surface area contributed by atoms with E-state index in [2.05, 4.69) is 27.1 Å². The van der Waals surface area contributed by atoms with E-state index in [1.165, 1.54) is 0 Å². The van der Waals surface area contributed by atoms with E-state index in [9.17, 15) is 9.59 Å². The van der Waals surface area contributed by atoms with E-state index in [0.29, 0.717) is 22.5 Å². The van der Waals surface area contributed by atoms with Crippen LogP contribution >= 0.6 is 0 Å². The highest BCUT2D eigenvalue weighted by atomic mass is 16.5. The lowest BCUT2D eigenvalue weighted by molar-refractivity contribution is -0.140. The highest BCUT2D eigenvalue weighted by Gasteiger charge is 2.42. The molecule has 1 saturated carbocycles. The topological polar surface area (TPSA) is 95.3 Å². The summed E-state index contributed by atoms with van der Waals surface area (Å²) in [6.45, 7) is 3.82. The maximum Gasteiger partial charge on any atom is 0.337 e. The van der Waals surface area contributed by atoms with Crippen LogP contribution in [0.4, 0.5) is 0 Å². The van der Waals surface area contributed by atoms with Crippen LogP contribution in [0.5, 0.6) is 0 Å². The molecule has 8 nitrogen and oxygen atoms in total. The zero-order valence-corrected chi connectivity index (χ0v) is 23.4. The number of ether oxygens (including phenoxy) is 2. The van der Waals surface area contributed by atoms with Gasteiger partial charge in [0.1, 0.15) is 0 Å². The molecule has 0 saturated heterocycles. The van der Waals surface area contributed by atoms with Crippen molar-refractivity contribution < 1.29 is 19.1 Å². The average molecular weight is 551 g/mol. The Morgan fingerprint density at radius 2 is 1.85 bits per heavy atom. The molecular formula is C33H34N4O4. The van der Waals surface area contributed by atoms with Crippen LogP contribution < -0.4 is 5.32 Å². The highest BCUT2D eigenvalue weighted by molar-refractivity contribution is 6.04. The largest absolute Gasteiger partial charge is 0.463 e. The fourth-order valence-electron chi connectivity index (χ4n) is 5.73. The first-order valence-corrected chi connectivity index (χ1v) is 14.1. The number of pyridine rings is 1. The summed E-state index contributed by atoms with van der Waals surface area (Å²) in [5.41, 5.74) is 4.75. The molecule has 0 radical (unpaired) electrons. The van der Waals surface area contributed by atoms with Crippen molar-refractivity contribution in [3.63, 3.8) is 0 Å². The second-order valence-electron chi connectivity index (χ2n) is 10.2. The molecule has 3 heterocycles. The molecule has 41 heavy (non-hydrogen) atoms. The van der Waals surface area contributed by atoms with Crippen LogP contribution in [-0.2, 0) is 19.1 Å². The molecule has 1 aliphatic heterocycles. The normalized spacial score (nSPS) is 17.4. The monoisotopic (exact) mass is 550 g/mol. The second-order valence-corrected chi connectivity index (χ2v) is 10.2. The molecule has 0 amide bonds. The molecule has 2 aliphatic rings. The number of dihydropyridines is 1. The van der Waals surface area contributed by atoms with Gasteiger partial charge in [-0.2, -0.15) is 0 Å². The van der Waals surface area contributed by atoms with Crippen molar-refractivity contribution in [2.45, 2.75) is 46.0 Å². The number of nitrogens with one attached hydrogen (secondary N) is 1. The molecule has 0 bridgehead atoms.